The Labute approximate surface area is 136 Å². The van der Waals surface area contributed by atoms with E-state index < -0.39 is 10.0 Å². The number of benzene rings is 1. The molecular weight excluding hydrogens is 316 g/mol. The van der Waals surface area contributed by atoms with E-state index in [0.29, 0.717) is 38.4 Å². The third kappa shape index (κ3) is 3.41. The Kier molecular flexibility index (Phi) is 4.20. The first-order valence-electron chi connectivity index (χ1n) is 7.67. The van der Waals surface area contributed by atoms with Crippen molar-refractivity contribution in [3.8, 4) is 0 Å². The normalized spacial score (nSPS) is 27.2. The molecule has 6 nitrogen and oxygen atoms in total. The van der Waals surface area contributed by atoms with Crippen LogP contribution in [0.1, 0.15) is 15.9 Å². The van der Waals surface area contributed by atoms with Gasteiger partial charge >= 0.3 is 0 Å². The number of carbonyl (C=O) groups is 1. The maximum atomic E-state index is 12.7. The van der Waals surface area contributed by atoms with Crippen LogP contribution in [0.3, 0.4) is 0 Å². The number of carbonyl (C=O) groups excluding carboxylic acids is 1. The second-order valence-electron chi connectivity index (χ2n) is 6.72. The Balaban J connectivity index is 1.75. The summed E-state index contributed by atoms with van der Waals surface area (Å²) in [6.07, 6.45) is 1.15. The number of likely N-dealkylation sites (tertiary alicyclic amines) is 1. The number of hydrogen-bond donors (Lipinski definition) is 1. The topological polar surface area (TPSA) is 75.7 Å². The van der Waals surface area contributed by atoms with E-state index in [2.05, 4.69) is 4.72 Å². The van der Waals surface area contributed by atoms with Crippen LogP contribution in [0, 0.1) is 18.3 Å². The van der Waals surface area contributed by atoms with Crippen LogP contribution in [0.4, 0.5) is 0 Å². The summed E-state index contributed by atoms with van der Waals surface area (Å²) in [5.41, 5.74) is 1.47. The maximum Gasteiger partial charge on any atom is 0.253 e. The molecule has 0 aromatic heterocycles. The molecular formula is C16H22N2O4S. The van der Waals surface area contributed by atoms with Gasteiger partial charge in [-0.25, -0.2) is 13.1 Å². The number of fused-ring (bicyclic) bond motifs is 1. The van der Waals surface area contributed by atoms with Crippen LogP contribution in [-0.4, -0.2) is 58.3 Å². The first-order chi connectivity index (χ1) is 10.8. The van der Waals surface area contributed by atoms with E-state index in [9.17, 15) is 13.2 Å². The molecule has 1 N–H and O–H groups in total. The Morgan fingerprint density at radius 1 is 1.39 bits per heavy atom. The number of amides is 1. The highest BCUT2D eigenvalue weighted by Gasteiger charge is 2.51. The van der Waals surface area contributed by atoms with E-state index in [0.717, 1.165) is 11.8 Å². The van der Waals surface area contributed by atoms with Crippen molar-refractivity contribution in [2.75, 3.05) is 39.1 Å². The van der Waals surface area contributed by atoms with Crippen molar-refractivity contribution in [1.82, 2.24) is 9.62 Å². The van der Waals surface area contributed by atoms with Crippen molar-refractivity contribution in [2.24, 2.45) is 11.3 Å². The largest absolute Gasteiger partial charge is 0.380 e. The predicted octanol–water partition coefficient (Wildman–Crippen LogP) is 0.633. The fourth-order valence-corrected chi connectivity index (χ4v) is 3.94. The van der Waals surface area contributed by atoms with Gasteiger partial charge in [-0.15, -0.1) is 0 Å². The van der Waals surface area contributed by atoms with E-state index in [1.165, 1.54) is 0 Å². The third-order valence-electron chi connectivity index (χ3n) is 4.79. The first kappa shape index (κ1) is 16.4. The van der Waals surface area contributed by atoms with Crippen LogP contribution in [0.15, 0.2) is 24.3 Å². The molecule has 2 fully saturated rings. The summed E-state index contributed by atoms with van der Waals surface area (Å²) in [6, 6.07) is 7.52. The van der Waals surface area contributed by atoms with Gasteiger partial charge in [0.05, 0.1) is 19.5 Å². The van der Waals surface area contributed by atoms with Crippen molar-refractivity contribution in [3.63, 3.8) is 0 Å². The maximum absolute atomic E-state index is 12.7. The summed E-state index contributed by atoms with van der Waals surface area (Å²) >= 11 is 0. The van der Waals surface area contributed by atoms with Gasteiger partial charge in [-0.1, -0.05) is 17.7 Å². The number of rotatable bonds is 4. The second kappa shape index (κ2) is 5.89. The van der Waals surface area contributed by atoms with Gasteiger partial charge in [-0.2, -0.15) is 0 Å². The monoisotopic (exact) mass is 338 g/mol. The molecule has 126 valence electrons. The minimum absolute atomic E-state index is 0.00173. The van der Waals surface area contributed by atoms with Crippen LogP contribution in [0.5, 0.6) is 0 Å². The zero-order chi connectivity index (χ0) is 16.7. The van der Waals surface area contributed by atoms with Gasteiger partial charge < -0.3 is 9.64 Å². The van der Waals surface area contributed by atoms with E-state index in [1.54, 1.807) is 0 Å². The van der Waals surface area contributed by atoms with E-state index in [4.69, 9.17) is 4.74 Å². The molecule has 3 rings (SSSR count). The highest BCUT2D eigenvalue weighted by molar-refractivity contribution is 7.88. The van der Waals surface area contributed by atoms with Crippen molar-refractivity contribution in [2.45, 2.75) is 6.92 Å². The number of nitrogens with zero attached hydrogens (tertiary/aromatic N) is 1. The van der Waals surface area contributed by atoms with E-state index >= 15 is 0 Å². The molecule has 1 aromatic rings. The molecule has 0 unspecified atom stereocenters. The number of ether oxygens (including phenoxy) is 1. The average Bonchev–Trinajstić information content (AvgIpc) is 3.01. The summed E-state index contributed by atoms with van der Waals surface area (Å²) in [5, 5.41) is 0. The van der Waals surface area contributed by atoms with Gasteiger partial charge in [-0.05, 0) is 19.1 Å². The Hall–Kier alpha value is -1.44. The highest BCUT2D eigenvalue weighted by atomic mass is 32.2. The van der Waals surface area contributed by atoms with Crippen LogP contribution in [0.2, 0.25) is 0 Å². The van der Waals surface area contributed by atoms with Crippen molar-refractivity contribution >= 4 is 15.9 Å². The molecule has 23 heavy (non-hydrogen) atoms. The summed E-state index contributed by atoms with van der Waals surface area (Å²) in [6.45, 7) is 4.48. The van der Waals surface area contributed by atoms with Gasteiger partial charge in [0.15, 0.2) is 0 Å². The minimum atomic E-state index is -3.26. The van der Waals surface area contributed by atoms with Gasteiger partial charge in [0.2, 0.25) is 10.0 Å². The zero-order valence-electron chi connectivity index (χ0n) is 13.4. The Morgan fingerprint density at radius 3 is 2.74 bits per heavy atom. The summed E-state index contributed by atoms with van der Waals surface area (Å²) in [7, 11) is -3.26. The Bertz CT molecular complexity index is 701. The third-order valence-corrected chi connectivity index (χ3v) is 5.46. The molecule has 2 heterocycles. The molecule has 2 atom stereocenters. The molecule has 2 saturated heterocycles. The number of sulfonamides is 1. The first-order valence-corrected chi connectivity index (χ1v) is 9.57. The van der Waals surface area contributed by atoms with Crippen LogP contribution < -0.4 is 4.72 Å². The molecule has 2 aliphatic rings. The summed E-state index contributed by atoms with van der Waals surface area (Å²) in [5.74, 6) is 0.171. The molecule has 1 aromatic carbocycles. The van der Waals surface area contributed by atoms with Crippen molar-refractivity contribution in [3.05, 3.63) is 35.4 Å². The van der Waals surface area contributed by atoms with Crippen molar-refractivity contribution in [1.29, 1.82) is 0 Å². The highest BCUT2D eigenvalue weighted by Crippen LogP contribution is 2.41. The fraction of sp³-hybridized carbons (Fsp3) is 0.562. The smallest absolute Gasteiger partial charge is 0.253 e. The average molecular weight is 338 g/mol. The standard InChI is InChI=1S/C16H22N2O4S/c1-12-3-5-13(6-4-12)15(19)18-7-14-8-22-11-16(14,10-18)9-17-23(2,20)21/h3-6,14,17H,7-11H2,1-2H3/t14-,16+/m1/s1. The van der Waals surface area contributed by atoms with Gasteiger partial charge in [0.1, 0.15) is 0 Å². The Morgan fingerprint density at radius 2 is 2.09 bits per heavy atom. The summed E-state index contributed by atoms with van der Waals surface area (Å²) in [4.78, 5) is 14.5. The summed E-state index contributed by atoms with van der Waals surface area (Å²) < 4.78 is 31.0. The second-order valence-corrected chi connectivity index (χ2v) is 8.55. The van der Waals surface area contributed by atoms with Gasteiger partial charge in [0, 0.05) is 36.5 Å². The predicted molar refractivity (Wildman–Crippen MR) is 86.7 cm³/mol. The minimum Gasteiger partial charge on any atom is -0.380 e. The molecule has 0 aliphatic carbocycles. The molecule has 7 heteroatoms. The van der Waals surface area contributed by atoms with E-state index in [-0.39, 0.29) is 17.2 Å². The number of hydrogen-bond acceptors (Lipinski definition) is 4. The molecule has 0 spiro atoms. The lowest BCUT2D eigenvalue weighted by Crippen LogP contribution is -2.43. The SMILES string of the molecule is Cc1ccc(C(=O)N2C[C@@H]3COC[C@]3(CNS(C)(=O)=O)C2)cc1. The number of nitrogens with one attached hydrogen (secondary N) is 1. The van der Waals surface area contributed by atoms with Crippen LogP contribution in [0.25, 0.3) is 0 Å². The fourth-order valence-electron chi connectivity index (χ4n) is 3.39. The molecule has 2 aliphatic heterocycles. The lowest BCUT2D eigenvalue weighted by atomic mass is 9.81. The molecule has 0 saturated carbocycles. The molecule has 0 bridgehead atoms. The van der Waals surface area contributed by atoms with Gasteiger partial charge in [-0.3, -0.25) is 4.79 Å². The van der Waals surface area contributed by atoms with Gasteiger partial charge in [0.25, 0.3) is 5.91 Å². The quantitative estimate of drug-likeness (QED) is 0.874. The lowest BCUT2D eigenvalue weighted by Gasteiger charge is -2.27. The zero-order valence-corrected chi connectivity index (χ0v) is 14.2. The molecule has 0 radical (unpaired) electrons. The molecule has 1 amide bonds. The van der Waals surface area contributed by atoms with Crippen LogP contribution >= 0.6 is 0 Å². The lowest BCUT2D eigenvalue weighted by molar-refractivity contribution is 0.0721. The number of aryl methyl sites for hydroxylation is 1. The van der Waals surface area contributed by atoms with Crippen molar-refractivity contribution < 1.29 is 17.9 Å². The van der Waals surface area contributed by atoms with E-state index in [1.807, 2.05) is 36.1 Å². The van der Waals surface area contributed by atoms with Crippen LogP contribution in [-0.2, 0) is 14.8 Å².